The van der Waals surface area contributed by atoms with Crippen molar-refractivity contribution in [2.45, 2.75) is 0 Å². The Kier molecular flexibility index (Phi) is 3.96. The summed E-state index contributed by atoms with van der Waals surface area (Å²) in [5.74, 6) is 0. The van der Waals surface area contributed by atoms with Gasteiger partial charge in [0.15, 0.2) is 11.3 Å². The summed E-state index contributed by atoms with van der Waals surface area (Å²) in [6.45, 7) is 0. The molecule has 0 aliphatic carbocycles. The van der Waals surface area contributed by atoms with E-state index in [4.69, 9.17) is 40.7 Å². The zero-order valence-corrected chi connectivity index (χ0v) is 9.17. The number of rotatable bonds is 1. The predicted octanol–water partition coefficient (Wildman–Crippen LogP) is 2.76. The van der Waals surface area contributed by atoms with Crippen LogP contribution >= 0.6 is 35.4 Å². The van der Waals surface area contributed by atoms with Gasteiger partial charge in [-0.25, -0.2) is 0 Å². The molecule has 14 heavy (non-hydrogen) atoms. The van der Waals surface area contributed by atoms with Gasteiger partial charge in [0, 0.05) is 0 Å². The average molecular weight is 246 g/mol. The van der Waals surface area contributed by atoms with Gasteiger partial charge in [0.25, 0.3) is 0 Å². The Labute approximate surface area is 96.6 Å². The molecule has 0 unspecified atom stereocenters. The topological polar surface area (TPSA) is 47.9 Å². The molecule has 0 heterocycles. The first kappa shape index (κ1) is 11.1. The third-order valence-corrected chi connectivity index (χ3v) is 2.20. The fourth-order valence-electron chi connectivity index (χ4n) is 0.813. The Morgan fingerprint density at radius 2 is 1.93 bits per heavy atom. The molecule has 0 radical (unpaired) electrons. The van der Waals surface area contributed by atoms with Crippen molar-refractivity contribution >= 4 is 46.2 Å². The highest BCUT2D eigenvalue weighted by atomic mass is 35.5. The Bertz CT molecular complexity index is 380. The summed E-state index contributed by atoms with van der Waals surface area (Å²) < 4.78 is 0. The number of para-hydroxylation sites is 1. The Balaban J connectivity index is 2.87. The van der Waals surface area contributed by atoms with Crippen LogP contribution in [0.15, 0.2) is 18.2 Å². The van der Waals surface area contributed by atoms with Gasteiger partial charge in [-0.15, -0.1) is 0 Å². The molecular weight excluding hydrogens is 241 g/mol. The van der Waals surface area contributed by atoms with Gasteiger partial charge in [-0.1, -0.05) is 29.3 Å². The first-order chi connectivity index (χ1) is 6.65. The van der Waals surface area contributed by atoms with Gasteiger partial charge in [0.05, 0.1) is 15.7 Å². The summed E-state index contributed by atoms with van der Waals surface area (Å²) in [5, 5.41) is 14.3. The average Bonchev–Trinajstić information content (AvgIpc) is 2.12. The van der Waals surface area contributed by atoms with Gasteiger partial charge in [0.1, 0.15) is 0 Å². The zero-order chi connectivity index (χ0) is 10.6. The van der Waals surface area contributed by atoms with E-state index in [9.17, 15) is 0 Å². The molecule has 3 nitrogen and oxygen atoms in total. The van der Waals surface area contributed by atoms with Crippen LogP contribution in [-0.2, 0) is 0 Å². The van der Waals surface area contributed by atoms with Crippen LogP contribution in [0, 0.1) is 11.5 Å². The maximum Gasteiger partial charge on any atom is 0.184 e. The molecule has 0 spiro atoms. The van der Waals surface area contributed by atoms with Crippen LogP contribution < -0.4 is 10.6 Å². The molecule has 0 atom stereocenters. The van der Waals surface area contributed by atoms with Crippen LogP contribution in [0.2, 0.25) is 10.0 Å². The van der Waals surface area contributed by atoms with Crippen LogP contribution in [0.3, 0.4) is 0 Å². The van der Waals surface area contributed by atoms with Gasteiger partial charge in [-0.2, -0.15) is 5.26 Å². The highest BCUT2D eigenvalue weighted by Gasteiger charge is 2.05. The number of anilines is 1. The molecule has 1 aromatic carbocycles. The molecule has 0 aromatic heterocycles. The second-order valence-electron chi connectivity index (χ2n) is 2.29. The summed E-state index contributed by atoms with van der Waals surface area (Å²) in [6.07, 6.45) is 1.69. The van der Waals surface area contributed by atoms with E-state index in [1.54, 1.807) is 24.4 Å². The first-order valence-corrected chi connectivity index (χ1v) is 4.71. The number of benzene rings is 1. The summed E-state index contributed by atoms with van der Waals surface area (Å²) >= 11 is 16.5. The molecule has 0 saturated heterocycles. The van der Waals surface area contributed by atoms with Crippen molar-refractivity contribution in [2.75, 3.05) is 5.32 Å². The second-order valence-corrected chi connectivity index (χ2v) is 3.51. The minimum absolute atomic E-state index is 0.155. The lowest BCUT2D eigenvalue weighted by Gasteiger charge is -2.08. The monoisotopic (exact) mass is 245 g/mol. The first-order valence-electron chi connectivity index (χ1n) is 3.55. The molecule has 0 fully saturated rings. The van der Waals surface area contributed by atoms with Crippen molar-refractivity contribution in [3.63, 3.8) is 0 Å². The minimum Gasteiger partial charge on any atom is -0.329 e. The summed E-state index contributed by atoms with van der Waals surface area (Å²) in [7, 11) is 0. The number of hydrogen-bond acceptors (Lipinski definition) is 2. The lowest BCUT2D eigenvalue weighted by Crippen LogP contribution is -2.24. The number of halogens is 2. The SMILES string of the molecule is N#CNC(=S)Nc1c(Cl)cccc1Cl. The smallest absolute Gasteiger partial charge is 0.184 e. The van der Waals surface area contributed by atoms with Gasteiger partial charge in [-0.05, 0) is 24.4 Å². The lowest BCUT2D eigenvalue weighted by molar-refractivity contribution is 1.28. The van der Waals surface area contributed by atoms with E-state index >= 15 is 0 Å². The van der Waals surface area contributed by atoms with Gasteiger partial charge >= 0.3 is 0 Å². The van der Waals surface area contributed by atoms with Crippen LogP contribution in [0.1, 0.15) is 0 Å². The van der Waals surface area contributed by atoms with Crippen LogP contribution in [0.4, 0.5) is 5.69 Å². The highest BCUT2D eigenvalue weighted by Crippen LogP contribution is 2.29. The quantitative estimate of drug-likeness (QED) is 0.454. The third kappa shape index (κ3) is 2.74. The largest absolute Gasteiger partial charge is 0.329 e. The number of nitriles is 1. The molecule has 1 rings (SSSR count). The van der Waals surface area contributed by atoms with Gasteiger partial charge < -0.3 is 5.32 Å². The fourth-order valence-corrected chi connectivity index (χ4v) is 1.45. The van der Waals surface area contributed by atoms with E-state index in [0.717, 1.165) is 0 Å². The molecule has 0 bridgehead atoms. The van der Waals surface area contributed by atoms with E-state index in [1.807, 2.05) is 0 Å². The molecule has 1 aromatic rings. The summed E-state index contributed by atoms with van der Waals surface area (Å²) in [5.41, 5.74) is 0.489. The van der Waals surface area contributed by atoms with E-state index in [-0.39, 0.29) is 5.11 Å². The van der Waals surface area contributed by atoms with Gasteiger partial charge in [-0.3, -0.25) is 5.32 Å². The van der Waals surface area contributed by atoms with Crippen molar-refractivity contribution in [2.24, 2.45) is 0 Å². The number of thiocarbonyl (C=S) groups is 1. The zero-order valence-electron chi connectivity index (χ0n) is 6.84. The van der Waals surface area contributed by atoms with Crippen molar-refractivity contribution in [1.82, 2.24) is 5.32 Å². The maximum atomic E-state index is 8.30. The standard InChI is InChI=1S/C8H5Cl2N3S/c9-5-2-1-3-6(10)7(5)13-8(14)12-4-11/h1-3H,(H2,12,13,14). The Morgan fingerprint density at radius 3 is 2.43 bits per heavy atom. The predicted molar refractivity (Wildman–Crippen MR) is 61.4 cm³/mol. The second kappa shape index (κ2) is 5.01. The molecule has 0 aliphatic heterocycles. The van der Waals surface area contributed by atoms with Crippen molar-refractivity contribution in [3.05, 3.63) is 28.2 Å². The molecule has 72 valence electrons. The van der Waals surface area contributed by atoms with Crippen molar-refractivity contribution < 1.29 is 0 Å². The molecule has 0 saturated carbocycles. The number of nitrogens with one attached hydrogen (secondary N) is 2. The van der Waals surface area contributed by atoms with Crippen molar-refractivity contribution in [3.8, 4) is 6.19 Å². The number of nitrogens with zero attached hydrogens (tertiary/aromatic N) is 1. The van der Waals surface area contributed by atoms with Gasteiger partial charge in [0.2, 0.25) is 0 Å². The highest BCUT2D eigenvalue weighted by molar-refractivity contribution is 7.80. The lowest BCUT2D eigenvalue weighted by atomic mass is 10.3. The summed E-state index contributed by atoms with van der Waals surface area (Å²) in [6, 6.07) is 5.06. The Morgan fingerprint density at radius 1 is 1.36 bits per heavy atom. The molecule has 0 aliphatic rings. The van der Waals surface area contributed by atoms with Crippen molar-refractivity contribution in [1.29, 1.82) is 5.26 Å². The van der Waals surface area contributed by atoms with E-state index in [0.29, 0.717) is 15.7 Å². The van der Waals surface area contributed by atoms with Crippen LogP contribution in [0.25, 0.3) is 0 Å². The summed E-state index contributed by atoms with van der Waals surface area (Å²) in [4.78, 5) is 0. The van der Waals surface area contributed by atoms with Crippen LogP contribution in [-0.4, -0.2) is 5.11 Å². The van der Waals surface area contributed by atoms with E-state index < -0.39 is 0 Å². The van der Waals surface area contributed by atoms with E-state index in [2.05, 4.69) is 10.6 Å². The number of hydrogen-bond donors (Lipinski definition) is 2. The molecular formula is C8H5Cl2N3S. The maximum absolute atomic E-state index is 8.30. The third-order valence-electron chi connectivity index (χ3n) is 1.37. The molecule has 6 heteroatoms. The molecule has 0 amide bonds. The minimum atomic E-state index is 0.155. The van der Waals surface area contributed by atoms with E-state index in [1.165, 1.54) is 0 Å². The van der Waals surface area contributed by atoms with Crippen LogP contribution in [0.5, 0.6) is 0 Å². The normalized spacial score (nSPS) is 8.93. The molecule has 2 N–H and O–H groups in total. The Hall–Kier alpha value is -1.02. The fraction of sp³-hybridized carbons (Fsp3) is 0.